The highest BCUT2D eigenvalue weighted by molar-refractivity contribution is 6.03. The lowest BCUT2D eigenvalue weighted by Gasteiger charge is -2.15. The van der Waals surface area contributed by atoms with Crippen LogP contribution >= 0.6 is 0 Å². The summed E-state index contributed by atoms with van der Waals surface area (Å²) in [5.41, 5.74) is 0.465. The summed E-state index contributed by atoms with van der Waals surface area (Å²) < 4.78 is 15.6. The van der Waals surface area contributed by atoms with E-state index in [-0.39, 0.29) is 17.2 Å². The predicted octanol–water partition coefficient (Wildman–Crippen LogP) is 1.91. The van der Waals surface area contributed by atoms with Crippen molar-refractivity contribution in [2.75, 3.05) is 26.6 Å². The zero-order valence-electron chi connectivity index (χ0n) is 10.7. The van der Waals surface area contributed by atoms with Crippen LogP contribution in [0.15, 0.2) is 16.7 Å². The number of fused-ring (bicyclic) bond motifs is 1. The summed E-state index contributed by atoms with van der Waals surface area (Å²) in [6, 6.07) is 1.17. The van der Waals surface area contributed by atoms with E-state index in [1.807, 2.05) is 0 Å². The third kappa shape index (κ3) is 1.99. The van der Waals surface area contributed by atoms with Crippen molar-refractivity contribution in [3.05, 3.63) is 12.3 Å². The van der Waals surface area contributed by atoms with Crippen LogP contribution in [0.4, 0.5) is 10.5 Å². The molecule has 7 heteroatoms. The Morgan fingerprint density at radius 3 is 2.58 bits per heavy atom. The van der Waals surface area contributed by atoms with Crippen LogP contribution in [-0.2, 0) is 0 Å². The molecule has 2 rings (SSSR count). The van der Waals surface area contributed by atoms with Crippen molar-refractivity contribution in [3.63, 3.8) is 0 Å². The zero-order valence-corrected chi connectivity index (χ0v) is 10.7. The van der Waals surface area contributed by atoms with Crippen LogP contribution in [0.3, 0.4) is 0 Å². The van der Waals surface area contributed by atoms with Crippen LogP contribution in [0, 0.1) is 0 Å². The number of furan rings is 1. The third-order valence-electron chi connectivity index (χ3n) is 2.67. The Labute approximate surface area is 109 Å². The van der Waals surface area contributed by atoms with Crippen molar-refractivity contribution in [2.45, 2.75) is 0 Å². The predicted molar refractivity (Wildman–Crippen MR) is 69.1 cm³/mol. The van der Waals surface area contributed by atoms with Crippen molar-refractivity contribution in [3.8, 4) is 17.2 Å². The molecule has 0 spiro atoms. The van der Waals surface area contributed by atoms with Crippen molar-refractivity contribution in [2.24, 2.45) is 0 Å². The molecular formula is C12H14N2O5. The monoisotopic (exact) mass is 266 g/mol. The normalized spacial score (nSPS) is 10.3. The number of hydrogen-bond acceptors (Lipinski definition) is 5. The molecule has 1 aromatic carbocycles. The minimum atomic E-state index is -0.488. The van der Waals surface area contributed by atoms with Gasteiger partial charge in [0.1, 0.15) is 5.69 Å². The van der Waals surface area contributed by atoms with E-state index in [4.69, 9.17) is 13.9 Å². The smallest absolute Gasteiger partial charge is 0.319 e. The van der Waals surface area contributed by atoms with Gasteiger partial charge in [0.2, 0.25) is 5.75 Å². The van der Waals surface area contributed by atoms with Gasteiger partial charge in [-0.15, -0.1) is 0 Å². The number of phenolic OH excluding ortho intramolecular Hbond substituents is 1. The molecule has 19 heavy (non-hydrogen) atoms. The van der Waals surface area contributed by atoms with E-state index < -0.39 is 6.03 Å². The molecule has 2 amide bonds. The highest BCUT2D eigenvalue weighted by Gasteiger charge is 2.23. The summed E-state index contributed by atoms with van der Waals surface area (Å²) in [7, 11) is 4.29. The van der Waals surface area contributed by atoms with Crippen LogP contribution in [0.5, 0.6) is 17.2 Å². The van der Waals surface area contributed by atoms with Crippen molar-refractivity contribution in [1.82, 2.24) is 5.32 Å². The Bertz CT molecular complexity index is 620. The fraction of sp³-hybridized carbons (Fsp3) is 0.250. The first-order valence-corrected chi connectivity index (χ1v) is 5.46. The number of amides is 2. The second-order valence-electron chi connectivity index (χ2n) is 3.66. The number of nitrogens with one attached hydrogen (secondary N) is 2. The molecule has 0 saturated heterocycles. The molecule has 2 aromatic rings. The Kier molecular flexibility index (Phi) is 3.37. The first kappa shape index (κ1) is 12.9. The SMILES string of the molecule is CNC(=O)Nc1c(O)c(OC)c2occc2c1OC. The van der Waals surface area contributed by atoms with E-state index in [0.29, 0.717) is 16.7 Å². The Morgan fingerprint density at radius 1 is 1.32 bits per heavy atom. The Morgan fingerprint density at radius 2 is 2.00 bits per heavy atom. The molecule has 1 heterocycles. The number of benzene rings is 1. The number of methoxy groups -OCH3 is 2. The van der Waals surface area contributed by atoms with Crippen LogP contribution in [0.25, 0.3) is 11.0 Å². The zero-order chi connectivity index (χ0) is 14.0. The van der Waals surface area contributed by atoms with Gasteiger partial charge in [-0.25, -0.2) is 4.79 Å². The van der Waals surface area contributed by atoms with Gasteiger partial charge in [-0.1, -0.05) is 0 Å². The lowest BCUT2D eigenvalue weighted by atomic mass is 10.1. The van der Waals surface area contributed by atoms with Crippen LogP contribution in [-0.4, -0.2) is 32.4 Å². The summed E-state index contributed by atoms with van der Waals surface area (Å²) in [4.78, 5) is 11.4. The summed E-state index contributed by atoms with van der Waals surface area (Å²) in [6.45, 7) is 0. The maximum Gasteiger partial charge on any atom is 0.319 e. The highest BCUT2D eigenvalue weighted by Crippen LogP contribution is 2.48. The molecule has 0 fully saturated rings. The van der Waals surface area contributed by atoms with Gasteiger partial charge in [-0.3, -0.25) is 0 Å². The third-order valence-corrected chi connectivity index (χ3v) is 2.67. The summed E-state index contributed by atoms with van der Waals surface area (Å²) >= 11 is 0. The summed E-state index contributed by atoms with van der Waals surface area (Å²) in [5.74, 6) is 0.170. The van der Waals surface area contributed by atoms with Gasteiger partial charge in [0.05, 0.1) is 25.9 Å². The van der Waals surface area contributed by atoms with E-state index >= 15 is 0 Å². The number of rotatable bonds is 3. The first-order valence-electron chi connectivity index (χ1n) is 5.46. The van der Waals surface area contributed by atoms with E-state index in [0.717, 1.165) is 0 Å². The van der Waals surface area contributed by atoms with E-state index in [9.17, 15) is 9.90 Å². The number of carbonyl (C=O) groups is 1. The number of phenols is 1. The van der Waals surface area contributed by atoms with Gasteiger partial charge in [0.25, 0.3) is 0 Å². The minimum absolute atomic E-state index is 0.118. The van der Waals surface area contributed by atoms with Crippen molar-refractivity contribution in [1.29, 1.82) is 0 Å². The number of urea groups is 1. The Balaban J connectivity index is 2.72. The van der Waals surface area contributed by atoms with Gasteiger partial charge in [0, 0.05) is 7.05 Å². The highest BCUT2D eigenvalue weighted by atomic mass is 16.5. The Hall–Kier alpha value is -2.57. The molecule has 0 unspecified atom stereocenters. The second kappa shape index (κ2) is 4.97. The fourth-order valence-electron chi connectivity index (χ4n) is 1.82. The first-order chi connectivity index (χ1) is 9.13. The van der Waals surface area contributed by atoms with Gasteiger partial charge in [0.15, 0.2) is 17.1 Å². The van der Waals surface area contributed by atoms with Gasteiger partial charge in [-0.2, -0.15) is 0 Å². The quantitative estimate of drug-likeness (QED) is 0.738. The van der Waals surface area contributed by atoms with Crippen LogP contribution in [0.1, 0.15) is 0 Å². The topological polar surface area (TPSA) is 93.0 Å². The molecule has 0 atom stereocenters. The van der Waals surface area contributed by atoms with Gasteiger partial charge < -0.3 is 29.6 Å². The summed E-state index contributed by atoms with van der Waals surface area (Å²) in [5, 5.41) is 15.6. The lowest BCUT2D eigenvalue weighted by molar-refractivity contribution is 0.253. The van der Waals surface area contributed by atoms with Crippen molar-refractivity contribution >= 4 is 22.7 Å². The van der Waals surface area contributed by atoms with Crippen LogP contribution in [0.2, 0.25) is 0 Å². The molecule has 3 N–H and O–H groups in total. The van der Waals surface area contributed by atoms with Gasteiger partial charge >= 0.3 is 6.03 Å². The molecular weight excluding hydrogens is 252 g/mol. The van der Waals surface area contributed by atoms with Crippen LogP contribution < -0.4 is 20.1 Å². The molecule has 0 aliphatic heterocycles. The number of carbonyl (C=O) groups excluding carboxylic acids is 1. The molecule has 1 aromatic heterocycles. The largest absolute Gasteiger partial charge is 0.503 e. The molecule has 0 radical (unpaired) electrons. The average molecular weight is 266 g/mol. The van der Waals surface area contributed by atoms with Crippen molar-refractivity contribution < 1.29 is 23.8 Å². The van der Waals surface area contributed by atoms with E-state index in [1.54, 1.807) is 6.07 Å². The molecule has 0 aliphatic rings. The van der Waals surface area contributed by atoms with E-state index in [1.165, 1.54) is 27.5 Å². The number of aromatic hydroxyl groups is 1. The molecule has 0 saturated carbocycles. The second-order valence-corrected chi connectivity index (χ2v) is 3.66. The molecule has 0 aliphatic carbocycles. The average Bonchev–Trinajstić information content (AvgIpc) is 2.88. The molecule has 7 nitrogen and oxygen atoms in total. The minimum Gasteiger partial charge on any atom is -0.503 e. The molecule has 0 bridgehead atoms. The van der Waals surface area contributed by atoms with Gasteiger partial charge in [-0.05, 0) is 6.07 Å². The number of hydrogen-bond donors (Lipinski definition) is 3. The number of anilines is 1. The fourth-order valence-corrected chi connectivity index (χ4v) is 1.82. The maximum atomic E-state index is 11.4. The lowest BCUT2D eigenvalue weighted by Crippen LogP contribution is -2.24. The summed E-state index contributed by atoms with van der Waals surface area (Å²) in [6.07, 6.45) is 1.44. The van der Waals surface area contributed by atoms with E-state index in [2.05, 4.69) is 10.6 Å². The number of ether oxygens (including phenoxy) is 2. The maximum absolute atomic E-state index is 11.4. The standard InChI is InChI=1S/C12H14N2O5/c1-13-12(16)14-7-8(15)11(18-3)10-6(4-5-19-10)9(7)17-2/h4-5,15H,1-3H3,(H2,13,14,16). The molecule has 102 valence electrons.